The van der Waals surface area contributed by atoms with Gasteiger partial charge >= 0.3 is 0 Å². The minimum absolute atomic E-state index is 0.346. The van der Waals surface area contributed by atoms with Crippen molar-refractivity contribution >= 4 is 11.4 Å². The van der Waals surface area contributed by atoms with Crippen LogP contribution in [0.3, 0.4) is 0 Å². The molecule has 2 N–H and O–H groups in total. The van der Waals surface area contributed by atoms with Crippen LogP contribution >= 0.6 is 0 Å². The molecule has 2 atom stereocenters. The molecule has 0 rings (SSSR count). The molecule has 0 spiro atoms. The summed E-state index contributed by atoms with van der Waals surface area (Å²) in [7, 11) is 0. The molecule has 0 aromatic rings. The molecule has 10 heavy (non-hydrogen) atoms. The SMILES string of the molecule is CC#CC[C@H](C)C[S+](N)[O-]. The fourth-order valence-electron chi connectivity index (χ4n) is 0.616. The summed E-state index contributed by atoms with van der Waals surface area (Å²) in [6, 6.07) is 0. The van der Waals surface area contributed by atoms with Crippen molar-refractivity contribution in [3.05, 3.63) is 0 Å². The van der Waals surface area contributed by atoms with Crippen molar-refractivity contribution in [2.24, 2.45) is 11.1 Å². The first kappa shape index (κ1) is 9.83. The predicted molar refractivity (Wildman–Crippen MR) is 44.4 cm³/mol. The lowest BCUT2D eigenvalue weighted by Crippen LogP contribution is -2.21. The summed E-state index contributed by atoms with van der Waals surface area (Å²) in [5.74, 6) is 6.59. The first-order valence-corrected chi connectivity index (χ1v) is 4.57. The quantitative estimate of drug-likeness (QED) is 0.486. The Balaban J connectivity index is 3.40. The Labute approximate surface area is 65.5 Å². The first-order chi connectivity index (χ1) is 4.66. The standard InChI is InChI=1S/C7H13NOS/c1-3-4-5-7(2)6-10(8)9/h7H,5-6,8H2,1-2H3/t7-,10?/m0/s1. The van der Waals surface area contributed by atoms with Gasteiger partial charge in [0.2, 0.25) is 0 Å². The van der Waals surface area contributed by atoms with Crippen LogP contribution in [0.5, 0.6) is 0 Å². The Hall–Kier alpha value is -0.170. The zero-order valence-electron chi connectivity index (χ0n) is 6.39. The molecule has 0 aromatic carbocycles. The van der Waals surface area contributed by atoms with Gasteiger partial charge in [-0.25, -0.2) is 0 Å². The van der Waals surface area contributed by atoms with Gasteiger partial charge in [0.25, 0.3) is 0 Å². The highest BCUT2D eigenvalue weighted by Gasteiger charge is 2.06. The van der Waals surface area contributed by atoms with Gasteiger partial charge in [0, 0.05) is 23.7 Å². The third-order valence-electron chi connectivity index (χ3n) is 1.08. The molecule has 0 bridgehead atoms. The predicted octanol–water partition coefficient (Wildman–Crippen LogP) is 0.658. The van der Waals surface area contributed by atoms with Gasteiger partial charge in [-0.1, -0.05) is 6.92 Å². The summed E-state index contributed by atoms with van der Waals surface area (Å²) in [4.78, 5) is 0. The topological polar surface area (TPSA) is 49.1 Å². The molecule has 0 aromatic heterocycles. The average Bonchev–Trinajstić information content (AvgIpc) is 1.82. The van der Waals surface area contributed by atoms with Gasteiger partial charge < -0.3 is 4.55 Å². The van der Waals surface area contributed by atoms with Gasteiger partial charge in [-0.05, 0) is 6.92 Å². The molecule has 0 aliphatic heterocycles. The zero-order chi connectivity index (χ0) is 7.98. The Morgan fingerprint density at radius 2 is 2.30 bits per heavy atom. The highest BCUT2D eigenvalue weighted by Crippen LogP contribution is 2.01. The summed E-state index contributed by atoms with van der Waals surface area (Å²) < 4.78 is 10.5. The van der Waals surface area contributed by atoms with Crippen molar-refractivity contribution < 1.29 is 4.55 Å². The van der Waals surface area contributed by atoms with Crippen molar-refractivity contribution in [2.45, 2.75) is 20.3 Å². The average molecular weight is 159 g/mol. The molecular weight excluding hydrogens is 146 g/mol. The molecule has 58 valence electrons. The summed E-state index contributed by atoms with van der Waals surface area (Å²) in [6.45, 7) is 3.79. The fourth-order valence-corrected chi connectivity index (χ4v) is 1.29. The molecule has 0 amide bonds. The third-order valence-corrected chi connectivity index (χ3v) is 1.97. The van der Waals surface area contributed by atoms with E-state index >= 15 is 0 Å². The second kappa shape index (κ2) is 5.60. The van der Waals surface area contributed by atoms with E-state index in [2.05, 4.69) is 11.8 Å². The molecule has 2 nitrogen and oxygen atoms in total. The van der Waals surface area contributed by atoms with Crippen LogP contribution in [0.15, 0.2) is 0 Å². The van der Waals surface area contributed by atoms with E-state index in [1.807, 2.05) is 6.92 Å². The minimum atomic E-state index is -1.17. The Kier molecular flexibility index (Phi) is 5.51. The van der Waals surface area contributed by atoms with Gasteiger partial charge in [0.1, 0.15) is 5.75 Å². The Morgan fingerprint density at radius 1 is 1.70 bits per heavy atom. The highest BCUT2D eigenvalue weighted by molar-refractivity contribution is 7.89. The van der Waals surface area contributed by atoms with Crippen molar-refractivity contribution in [1.29, 1.82) is 0 Å². The van der Waals surface area contributed by atoms with Crippen LogP contribution in [0, 0.1) is 17.8 Å². The second-order valence-corrected chi connectivity index (χ2v) is 3.38. The molecule has 0 aliphatic carbocycles. The van der Waals surface area contributed by atoms with Crippen molar-refractivity contribution in [2.75, 3.05) is 5.75 Å². The molecule has 1 unspecified atom stereocenters. The molecule has 3 heteroatoms. The smallest absolute Gasteiger partial charge is 0.128 e. The molecular formula is C7H13NOS. The van der Waals surface area contributed by atoms with Crippen LogP contribution in [0.4, 0.5) is 0 Å². The third kappa shape index (κ3) is 5.96. The maximum Gasteiger partial charge on any atom is 0.128 e. The molecule has 0 heterocycles. The van der Waals surface area contributed by atoms with E-state index in [0.29, 0.717) is 11.7 Å². The number of hydrogen-bond acceptors (Lipinski definition) is 2. The largest absolute Gasteiger partial charge is 0.598 e. The number of rotatable bonds is 3. The summed E-state index contributed by atoms with van der Waals surface area (Å²) in [5, 5.41) is 5.09. The van der Waals surface area contributed by atoms with Gasteiger partial charge in [0.15, 0.2) is 0 Å². The maximum atomic E-state index is 10.5. The van der Waals surface area contributed by atoms with Gasteiger partial charge in [-0.15, -0.1) is 11.8 Å². The van der Waals surface area contributed by atoms with E-state index in [0.717, 1.165) is 6.42 Å². The van der Waals surface area contributed by atoms with Crippen LogP contribution in [0.25, 0.3) is 0 Å². The molecule has 0 saturated heterocycles. The molecule has 0 radical (unpaired) electrons. The van der Waals surface area contributed by atoms with Crippen LogP contribution in [0.1, 0.15) is 20.3 Å². The Morgan fingerprint density at radius 3 is 2.70 bits per heavy atom. The van der Waals surface area contributed by atoms with Gasteiger partial charge in [0.05, 0.1) is 0 Å². The van der Waals surface area contributed by atoms with E-state index in [-0.39, 0.29) is 0 Å². The van der Waals surface area contributed by atoms with Crippen LogP contribution in [-0.4, -0.2) is 10.3 Å². The highest BCUT2D eigenvalue weighted by atomic mass is 32.2. The maximum absolute atomic E-state index is 10.5. The minimum Gasteiger partial charge on any atom is -0.598 e. The monoisotopic (exact) mass is 159 g/mol. The Bertz CT molecular complexity index is 136. The van der Waals surface area contributed by atoms with E-state index < -0.39 is 11.4 Å². The van der Waals surface area contributed by atoms with Crippen LogP contribution in [-0.2, 0) is 11.4 Å². The lowest BCUT2D eigenvalue weighted by molar-refractivity contribution is 0.575. The number of hydrogen-bond donors (Lipinski definition) is 1. The summed E-state index contributed by atoms with van der Waals surface area (Å²) >= 11 is -1.17. The van der Waals surface area contributed by atoms with E-state index in [1.165, 1.54) is 0 Å². The van der Waals surface area contributed by atoms with E-state index in [4.69, 9.17) is 5.14 Å². The normalized spacial score (nSPS) is 15.2. The van der Waals surface area contributed by atoms with Crippen molar-refractivity contribution in [3.63, 3.8) is 0 Å². The second-order valence-electron chi connectivity index (χ2n) is 2.28. The number of nitrogens with two attached hydrogens (primary N) is 1. The first-order valence-electron chi connectivity index (χ1n) is 3.19. The fraction of sp³-hybridized carbons (Fsp3) is 0.714. The molecule has 0 aliphatic rings. The summed E-state index contributed by atoms with van der Waals surface area (Å²) in [5.41, 5.74) is 0. The molecule has 0 saturated carbocycles. The summed E-state index contributed by atoms with van der Waals surface area (Å²) in [6.07, 6.45) is 0.791. The zero-order valence-corrected chi connectivity index (χ0v) is 7.20. The molecule has 0 fully saturated rings. The van der Waals surface area contributed by atoms with Crippen LogP contribution < -0.4 is 5.14 Å². The van der Waals surface area contributed by atoms with Crippen molar-refractivity contribution in [1.82, 2.24) is 0 Å². The van der Waals surface area contributed by atoms with Crippen LogP contribution in [0.2, 0.25) is 0 Å². The van der Waals surface area contributed by atoms with E-state index in [9.17, 15) is 4.55 Å². The van der Waals surface area contributed by atoms with E-state index in [1.54, 1.807) is 6.92 Å². The van der Waals surface area contributed by atoms with Gasteiger partial charge in [-0.2, -0.15) is 5.14 Å². The van der Waals surface area contributed by atoms with Gasteiger partial charge in [-0.3, -0.25) is 0 Å². The lowest BCUT2D eigenvalue weighted by atomic mass is 10.1. The lowest BCUT2D eigenvalue weighted by Gasteiger charge is -2.07. The van der Waals surface area contributed by atoms with Crippen molar-refractivity contribution in [3.8, 4) is 11.8 Å².